The molecule has 9 nitrogen and oxygen atoms in total. The first-order valence-electron chi connectivity index (χ1n) is 10.7. The first kappa shape index (κ1) is 23.7. The summed E-state index contributed by atoms with van der Waals surface area (Å²) in [5.74, 6) is 1.81. The van der Waals surface area contributed by atoms with Crippen molar-refractivity contribution in [1.29, 1.82) is 0 Å². The van der Waals surface area contributed by atoms with E-state index >= 15 is 0 Å². The molecule has 2 fully saturated rings. The predicted octanol–water partition coefficient (Wildman–Crippen LogP) is 2.01. The zero-order chi connectivity index (χ0) is 23.3. The van der Waals surface area contributed by atoms with Crippen LogP contribution in [0.15, 0.2) is 36.7 Å². The highest BCUT2D eigenvalue weighted by molar-refractivity contribution is 5.94. The molecule has 2 heterocycles. The summed E-state index contributed by atoms with van der Waals surface area (Å²) in [6.45, 7) is 1.35. The fraction of sp³-hybridized carbons (Fsp3) is 0.522. The third-order valence-electron chi connectivity index (χ3n) is 6.50. The molecule has 1 amide bonds. The third-order valence-corrected chi connectivity index (χ3v) is 6.50. The summed E-state index contributed by atoms with van der Waals surface area (Å²) in [5.41, 5.74) is 1.43. The van der Waals surface area contributed by atoms with Crippen molar-refractivity contribution in [2.75, 3.05) is 41.4 Å². The van der Waals surface area contributed by atoms with Gasteiger partial charge in [0.2, 0.25) is 0 Å². The van der Waals surface area contributed by atoms with E-state index in [2.05, 4.69) is 24.1 Å². The van der Waals surface area contributed by atoms with E-state index in [1.807, 2.05) is 29.2 Å². The molecule has 32 heavy (non-hydrogen) atoms. The molecule has 1 aromatic heterocycles. The highest BCUT2D eigenvalue weighted by Crippen LogP contribution is 2.39. The molecular weight excluding hydrogens is 412 g/mol. The maximum atomic E-state index is 13.2. The van der Waals surface area contributed by atoms with Crippen molar-refractivity contribution in [3.05, 3.63) is 42.2 Å². The fourth-order valence-electron chi connectivity index (χ4n) is 4.92. The number of benzene rings is 1. The summed E-state index contributed by atoms with van der Waals surface area (Å²) in [4.78, 5) is 25.8. The van der Waals surface area contributed by atoms with Crippen LogP contribution in [0.3, 0.4) is 0 Å². The second-order valence-electron chi connectivity index (χ2n) is 8.46. The number of aromatic nitrogens is 2. The van der Waals surface area contributed by atoms with Crippen molar-refractivity contribution in [3.8, 4) is 11.4 Å². The van der Waals surface area contributed by atoms with E-state index in [9.17, 15) is 4.79 Å². The molecule has 0 spiro atoms. The SMILES string of the molecule is COc1ccccc1-n1cc(C(=O)N2C[C@H]3C[C@@H](N(C)C)[C@H](OC)C[C@H]3C2)cn1.O=CO. The van der Waals surface area contributed by atoms with E-state index in [1.54, 1.807) is 31.3 Å². The van der Waals surface area contributed by atoms with Gasteiger partial charge in [-0.2, -0.15) is 5.10 Å². The highest BCUT2D eigenvalue weighted by atomic mass is 16.5. The van der Waals surface area contributed by atoms with Gasteiger partial charge in [-0.05, 0) is 50.9 Å². The smallest absolute Gasteiger partial charge is 0.290 e. The Morgan fingerprint density at radius 2 is 1.84 bits per heavy atom. The molecule has 9 heteroatoms. The van der Waals surface area contributed by atoms with Gasteiger partial charge in [0.15, 0.2) is 0 Å². The van der Waals surface area contributed by atoms with Crippen molar-refractivity contribution in [2.45, 2.75) is 25.0 Å². The lowest BCUT2D eigenvalue weighted by Crippen LogP contribution is -2.47. The van der Waals surface area contributed by atoms with Gasteiger partial charge >= 0.3 is 0 Å². The zero-order valence-corrected chi connectivity index (χ0v) is 19.0. The molecule has 1 aliphatic carbocycles. The number of likely N-dealkylation sites (tertiary alicyclic amines) is 1. The van der Waals surface area contributed by atoms with Gasteiger partial charge in [0.1, 0.15) is 11.4 Å². The number of fused-ring (bicyclic) bond motifs is 1. The van der Waals surface area contributed by atoms with E-state index < -0.39 is 0 Å². The lowest BCUT2D eigenvalue weighted by atomic mass is 9.77. The van der Waals surface area contributed by atoms with Crippen molar-refractivity contribution >= 4 is 12.4 Å². The molecule has 1 aromatic carbocycles. The van der Waals surface area contributed by atoms with Crippen molar-refractivity contribution in [2.24, 2.45) is 11.8 Å². The van der Waals surface area contributed by atoms with Gasteiger partial charge < -0.3 is 24.4 Å². The van der Waals surface area contributed by atoms with Crippen LogP contribution >= 0.6 is 0 Å². The van der Waals surface area contributed by atoms with Gasteiger partial charge in [0.25, 0.3) is 12.4 Å². The molecule has 2 aliphatic rings. The number of hydrogen-bond acceptors (Lipinski definition) is 6. The quantitative estimate of drug-likeness (QED) is 0.705. The average molecular weight is 445 g/mol. The van der Waals surface area contributed by atoms with Crippen LogP contribution in [0, 0.1) is 11.8 Å². The Labute approximate surface area is 188 Å². The average Bonchev–Trinajstić information content (AvgIpc) is 3.45. The Morgan fingerprint density at radius 1 is 1.19 bits per heavy atom. The second-order valence-corrected chi connectivity index (χ2v) is 8.46. The number of carbonyl (C=O) groups is 2. The second kappa shape index (κ2) is 10.6. The number of para-hydroxylation sites is 2. The third kappa shape index (κ3) is 4.94. The van der Waals surface area contributed by atoms with Crippen molar-refractivity contribution < 1.29 is 24.2 Å². The van der Waals surface area contributed by atoms with Crippen LogP contribution in [0.5, 0.6) is 5.75 Å². The van der Waals surface area contributed by atoms with Crippen molar-refractivity contribution in [1.82, 2.24) is 19.6 Å². The van der Waals surface area contributed by atoms with Crippen LogP contribution in [0.1, 0.15) is 23.2 Å². The van der Waals surface area contributed by atoms with Crippen molar-refractivity contribution in [3.63, 3.8) is 0 Å². The van der Waals surface area contributed by atoms with E-state index in [-0.39, 0.29) is 18.5 Å². The summed E-state index contributed by atoms with van der Waals surface area (Å²) < 4.78 is 12.9. The molecule has 4 rings (SSSR count). The Balaban J connectivity index is 0.000000913. The van der Waals surface area contributed by atoms with Crippen LogP contribution < -0.4 is 4.74 Å². The normalized spacial score (nSPS) is 24.5. The highest BCUT2D eigenvalue weighted by Gasteiger charge is 2.44. The minimum atomic E-state index is -0.250. The number of amides is 1. The zero-order valence-electron chi connectivity index (χ0n) is 19.0. The summed E-state index contributed by atoms with van der Waals surface area (Å²) in [6.07, 6.45) is 5.75. The largest absolute Gasteiger partial charge is 0.494 e. The van der Waals surface area contributed by atoms with Crippen LogP contribution in [-0.4, -0.2) is 90.6 Å². The molecule has 1 saturated heterocycles. The number of rotatable bonds is 5. The minimum absolute atomic E-state index is 0.0518. The van der Waals surface area contributed by atoms with Crippen LogP contribution in [-0.2, 0) is 9.53 Å². The summed E-state index contributed by atoms with van der Waals surface area (Å²) in [6, 6.07) is 8.07. The van der Waals surface area contributed by atoms with Gasteiger partial charge in [-0.3, -0.25) is 9.59 Å². The van der Waals surface area contributed by atoms with Gasteiger partial charge in [0, 0.05) is 32.4 Å². The monoisotopic (exact) mass is 444 g/mol. The lowest BCUT2D eigenvalue weighted by Gasteiger charge is -2.40. The predicted molar refractivity (Wildman–Crippen MR) is 119 cm³/mol. The van der Waals surface area contributed by atoms with E-state index in [0.717, 1.165) is 37.4 Å². The molecule has 0 radical (unpaired) electrons. The fourth-order valence-corrected chi connectivity index (χ4v) is 4.92. The topological polar surface area (TPSA) is 97.1 Å². The number of carbonyl (C=O) groups excluding carboxylic acids is 1. The Kier molecular flexibility index (Phi) is 7.87. The molecule has 1 aliphatic heterocycles. The molecule has 1 saturated carbocycles. The van der Waals surface area contributed by atoms with Gasteiger partial charge in [-0.15, -0.1) is 0 Å². The molecule has 4 atom stereocenters. The first-order chi connectivity index (χ1) is 15.4. The number of nitrogens with zero attached hydrogens (tertiary/aromatic N) is 4. The molecular formula is C23H32N4O5. The van der Waals surface area contributed by atoms with Crippen LogP contribution in [0.4, 0.5) is 0 Å². The van der Waals surface area contributed by atoms with Crippen LogP contribution in [0.25, 0.3) is 5.69 Å². The number of hydrogen-bond donors (Lipinski definition) is 1. The van der Waals surface area contributed by atoms with E-state index in [0.29, 0.717) is 23.4 Å². The van der Waals surface area contributed by atoms with Gasteiger partial charge in [0.05, 0.1) is 25.0 Å². The maximum absolute atomic E-state index is 13.2. The summed E-state index contributed by atoms with van der Waals surface area (Å²) in [5, 5.41) is 11.3. The minimum Gasteiger partial charge on any atom is -0.494 e. The Hall–Kier alpha value is -2.91. The number of carboxylic acid groups (broad SMARTS) is 1. The van der Waals surface area contributed by atoms with Gasteiger partial charge in [-0.25, -0.2) is 4.68 Å². The standard InChI is InChI=1S/C22H30N4O3.CH2O2/c1-24(2)19-9-15-12-25(13-16(15)10-21(19)29-4)22(27)17-11-23-26(14-17)18-7-5-6-8-20(18)28-3;2-1-3/h5-8,11,14-16,19,21H,9-10,12-13H2,1-4H3;1H,(H,2,3)/t15-,16+,19-,21-;/m1./s1. The number of likely N-dealkylation sites (N-methyl/N-ethyl adjacent to an activating group) is 1. The summed E-state index contributed by atoms with van der Waals surface area (Å²) in [7, 11) is 7.66. The Morgan fingerprint density at radius 3 is 2.47 bits per heavy atom. The number of ether oxygens (including phenoxy) is 2. The molecule has 2 aromatic rings. The van der Waals surface area contributed by atoms with Gasteiger partial charge in [-0.1, -0.05) is 12.1 Å². The summed E-state index contributed by atoms with van der Waals surface area (Å²) >= 11 is 0. The molecule has 174 valence electrons. The van der Waals surface area contributed by atoms with E-state index in [4.69, 9.17) is 19.4 Å². The number of methoxy groups -OCH3 is 2. The Bertz CT molecular complexity index is 915. The molecule has 1 N–H and O–H groups in total. The maximum Gasteiger partial charge on any atom is 0.290 e. The molecule has 0 unspecified atom stereocenters. The van der Waals surface area contributed by atoms with E-state index in [1.165, 1.54) is 0 Å². The first-order valence-corrected chi connectivity index (χ1v) is 10.7. The van der Waals surface area contributed by atoms with Crippen LogP contribution in [0.2, 0.25) is 0 Å². The molecule has 0 bridgehead atoms. The lowest BCUT2D eigenvalue weighted by molar-refractivity contribution is -0.122.